The van der Waals surface area contributed by atoms with E-state index in [2.05, 4.69) is 21.8 Å². The Morgan fingerprint density at radius 1 is 1.44 bits per heavy atom. The van der Waals surface area contributed by atoms with E-state index in [1.165, 1.54) is 25.7 Å². The molecule has 1 aliphatic carbocycles. The summed E-state index contributed by atoms with van der Waals surface area (Å²) >= 11 is 1.85. The lowest BCUT2D eigenvalue weighted by molar-refractivity contribution is 0.0943. The van der Waals surface area contributed by atoms with Gasteiger partial charge < -0.3 is 11.1 Å². The molecule has 0 aromatic carbocycles. The summed E-state index contributed by atoms with van der Waals surface area (Å²) in [6, 6.07) is 3.18. The molecule has 1 heterocycles. The Hall–Kier alpha value is -1.30. The lowest BCUT2D eigenvalue weighted by atomic mass is 10.1. The number of carbonyl (C=O) groups is 1. The van der Waals surface area contributed by atoms with Crippen LogP contribution in [0.25, 0.3) is 0 Å². The van der Waals surface area contributed by atoms with Crippen LogP contribution in [0.15, 0.2) is 12.1 Å². The second-order valence-corrected chi connectivity index (χ2v) is 5.89. The zero-order valence-electron chi connectivity index (χ0n) is 10.5. The number of thioether (sulfide) groups is 1. The van der Waals surface area contributed by atoms with Crippen LogP contribution in [0.4, 0.5) is 5.82 Å². The van der Waals surface area contributed by atoms with Gasteiger partial charge in [0.2, 0.25) is 0 Å². The molecule has 1 saturated carbocycles. The third-order valence-corrected chi connectivity index (χ3v) is 4.86. The van der Waals surface area contributed by atoms with Crippen LogP contribution in [0.3, 0.4) is 0 Å². The molecule has 0 spiro atoms. The van der Waals surface area contributed by atoms with Gasteiger partial charge >= 0.3 is 0 Å². The zero-order valence-corrected chi connectivity index (χ0v) is 11.3. The van der Waals surface area contributed by atoms with Gasteiger partial charge in [-0.05, 0) is 31.2 Å². The van der Waals surface area contributed by atoms with Gasteiger partial charge in [0.25, 0.3) is 5.91 Å². The van der Waals surface area contributed by atoms with Crippen molar-refractivity contribution in [1.29, 1.82) is 0 Å². The summed E-state index contributed by atoms with van der Waals surface area (Å²) < 4.78 is 0.205. The number of nitrogens with zero attached hydrogens (tertiary/aromatic N) is 2. The van der Waals surface area contributed by atoms with Crippen LogP contribution >= 0.6 is 11.8 Å². The van der Waals surface area contributed by atoms with E-state index in [1.54, 1.807) is 12.1 Å². The van der Waals surface area contributed by atoms with E-state index >= 15 is 0 Å². The number of carbonyl (C=O) groups excluding carboxylic acids is 1. The minimum Gasteiger partial charge on any atom is -0.382 e. The highest BCUT2D eigenvalue weighted by molar-refractivity contribution is 8.00. The summed E-state index contributed by atoms with van der Waals surface area (Å²) in [5, 5.41) is 10.4. The SMILES string of the molecule is CSC1(CNC(=O)c2ccc(N)nn2)CCCC1. The molecule has 18 heavy (non-hydrogen) atoms. The van der Waals surface area contributed by atoms with Gasteiger partial charge in [-0.25, -0.2) is 0 Å². The van der Waals surface area contributed by atoms with Gasteiger partial charge in [0, 0.05) is 11.3 Å². The van der Waals surface area contributed by atoms with E-state index in [9.17, 15) is 4.79 Å². The first-order chi connectivity index (χ1) is 8.65. The number of nitrogens with one attached hydrogen (secondary N) is 1. The molecule has 1 fully saturated rings. The molecule has 1 amide bonds. The highest BCUT2D eigenvalue weighted by atomic mass is 32.2. The number of amides is 1. The molecule has 0 aliphatic heterocycles. The molecular formula is C12H18N4OS. The van der Waals surface area contributed by atoms with Crippen molar-refractivity contribution in [2.75, 3.05) is 18.5 Å². The average Bonchev–Trinajstić information content (AvgIpc) is 2.86. The maximum atomic E-state index is 11.9. The number of hydrogen-bond donors (Lipinski definition) is 2. The summed E-state index contributed by atoms with van der Waals surface area (Å²) in [5.41, 5.74) is 5.75. The maximum absolute atomic E-state index is 11.9. The highest BCUT2D eigenvalue weighted by Gasteiger charge is 2.33. The Kier molecular flexibility index (Phi) is 4.06. The van der Waals surface area contributed by atoms with E-state index in [-0.39, 0.29) is 10.7 Å². The average molecular weight is 266 g/mol. The molecule has 0 unspecified atom stereocenters. The monoisotopic (exact) mass is 266 g/mol. The molecule has 98 valence electrons. The van der Waals surface area contributed by atoms with Crippen molar-refractivity contribution in [1.82, 2.24) is 15.5 Å². The van der Waals surface area contributed by atoms with Gasteiger partial charge in [0.1, 0.15) is 5.82 Å². The van der Waals surface area contributed by atoms with Crippen molar-refractivity contribution in [2.24, 2.45) is 0 Å². The third kappa shape index (κ3) is 2.93. The first-order valence-corrected chi connectivity index (χ1v) is 7.30. The van der Waals surface area contributed by atoms with Crippen molar-refractivity contribution < 1.29 is 4.79 Å². The third-order valence-electron chi connectivity index (χ3n) is 3.44. The molecule has 0 atom stereocenters. The van der Waals surface area contributed by atoms with E-state index in [4.69, 9.17) is 5.73 Å². The number of hydrogen-bond acceptors (Lipinski definition) is 5. The number of nitrogens with two attached hydrogens (primary N) is 1. The molecule has 3 N–H and O–H groups in total. The van der Waals surface area contributed by atoms with Crippen LogP contribution in [0.1, 0.15) is 36.2 Å². The Morgan fingerprint density at radius 2 is 2.17 bits per heavy atom. The summed E-state index contributed by atoms with van der Waals surface area (Å²) in [7, 11) is 0. The highest BCUT2D eigenvalue weighted by Crippen LogP contribution is 2.39. The van der Waals surface area contributed by atoms with Crippen molar-refractivity contribution >= 4 is 23.5 Å². The van der Waals surface area contributed by atoms with Gasteiger partial charge in [-0.1, -0.05) is 12.8 Å². The van der Waals surface area contributed by atoms with Crippen LogP contribution in [0.5, 0.6) is 0 Å². The summed E-state index contributed by atoms with van der Waals surface area (Å²) in [5.74, 6) is 0.144. The quantitative estimate of drug-likeness (QED) is 0.862. The molecule has 2 rings (SSSR count). The normalized spacial score (nSPS) is 17.6. The molecule has 0 saturated heterocycles. The van der Waals surface area contributed by atoms with E-state index in [0.717, 1.165) is 0 Å². The fraction of sp³-hybridized carbons (Fsp3) is 0.583. The second-order valence-electron chi connectivity index (χ2n) is 4.62. The van der Waals surface area contributed by atoms with Crippen LogP contribution in [-0.2, 0) is 0 Å². The molecule has 5 nitrogen and oxygen atoms in total. The molecule has 1 aromatic heterocycles. The number of rotatable bonds is 4. The predicted molar refractivity (Wildman–Crippen MR) is 73.5 cm³/mol. The van der Waals surface area contributed by atoms with E-state index in [1.807, 2.05) is 11.8 Å². The van der Waals surface area contributed by atoms with E-state index < -0.39 is 0 Å². The summed E-state index contributed by atoms with van der Waals surface area (Å²) in [6.07, 6.45) is 6.95. The number of aromatic nitrogens is 2. The summed E-state index contributed by atoms with van der Waals surface area (Å²) in [4.78, 5) is 11.9. The van der Waals surface area contributed by atoms with Crippen LogP contribution < -0.4 is 11.1 Å². The molecule has 0 radical (unpaired) electrons. The molecule has 0 bridgehead atoms. The fourth-order valence-corrected chi connectivity index (χ4v) is 3.18. The lowest BCUT2D eigenvalue weighted by Crippen LogP contribution is -2.38. The Labute approximate surface area is 111 Å². The predicted octanol–water partition coefficient (Wildman–Crippen LogP) is 1.46. The van der Waals surface area contributed by atoms with Crippen molar-refractivity contribution in [3.63, 3.8) is 0 Å². The van der Waals surface area contributed by atoms with Gasteiger partial charge in [0.05, 0.1) is 0 Å². The molecule has 1 aromatic rings. The van der Waals surface area contributed by atoms with Crippen LogP contribution in [0, 0.1) is 0 Å². The summed E-state index contributed by atoms with van der Waals surface area (Å²) in [6.45, 7) is 0.694. The first kappa shape index (κ1) is 13.1. The topological polar surface area (TPSA) is 80.9 Å². The van der Waals surface area contributed by atoms with Gasteiger partial charge in [-0.15, -0.1) is 10.2 Å². The van der Waals surface area contributed by atoms with Gasteiger partial charge in [0.15, 0.2) is 5.69 Å². The van der Waals surface area contributed by atoms with Crippen molar-refractivity contribution in [3.8, 4) is 0 Å². The molecule has 1 aliphatic rings. The van der Waals surface area contributed by atoms with Crippen molar-refractivity contribution in [2.45, 2.75) is 30.4 Å². The number of anilines is 1. The standard InChI is InChI=1S/C12H18N4OS/c1-18-12(6-2-3-7-12)8-14-11(17)9-4-5-10(13)16-15-9/h4-5H,2-3,6-8H2,1H3,(H2,13,16)(H,14,17). The Morgan fingerprint density at radius 3 is 2.72 bits per heavy atom. The van der Waals surface area contributed by atoms with Crippen LogP contribution in [-0.4, -0.2) is 33.7 Å². The fourth-order valence-electron chi connectivity index (χ4n) is 2.27. The Balaban J connectivity index is 1.93. The van der Waals surface area contributed by atoms with Crippen LogP contribution in [0.2, 0.25) is 0 Å². The van der Waals surface area contributed by atoms with Crippen molar-refractivity contribution in [3.05, 3.63) is 17.8 Å². The Bertz CT molecular complexity index is 415. The zero-order chi connectivity index (χ0) is 13.0. The minimum atomic E-state index is -0.178. The minimum absolute atomic E-state index is 0.178. The smallest absolute Gasteiger partial charge is 0.271 e. The maximum Gasteiger partial charge on any atom is 0.271 e. The lowest BCUT2D eigenvalue weighted by Gasteiger charge is -2.26. The second kappa shape index (κ2) is 5.56. The number of nitrogen functional groups attached to an aromatic ring is 1. The van der Waals surface area contributed by atoms with Gasteiger partial charge in [-0.3, -0.25) is 4.79 Å². The molecule has 6 heteroatoms. The first-order valence-electron chi connectivity index (χ1n) is 6.08. The molecular weight excluding hydrogens is 248 g/mol. The largest absolute Gasteiger partial charge is 0.382 e. The van der Waals surface area contributed by atoms with E-state index in [0.29, 0.717) is 18.1 Å². The van der Waals surface area contributed by atoms with Gasteiger partial charge in [-0.2, -0.15) is 11.8 Å².